The molecule has 0 unspecified atom stereocenters. The van der Waals surface area contributed by atoms with Crippen molar-refractivity contribution in [2.45, 2.75) is 33.4 Å². The predicted octanol–water partition coefficient (Wildman–Crippen LogP) is 1.65. The number of aryl methyl sites for hydroxylation is 1. The molecule has 1 rings (SSSR count). The van der Waals surface area contributed by atoms with Crippen molar-refractivity contribution >= 4 is 0 Å². The maximum atomic E-state index is 4.31. The molecular formula is C10H19N3. The first-order chi connectivity index (χ1) is 6.15. The van der Waals surface area contributed by atoms with E-state index in [4.69, 9.17) is 0 Å². The van der Waals surface area contributed by atoms with Crippen molar-refractivity contribution in [2.24, 2.45) is 7.05 Å². The number of aromatic nitrogens is 2. The van der Waals surface area contributed by atoms with Crippen LogP contribution in [0.2, 0.25) is 0 Å². The summed E-state index contributed by atoms with van der Waals surface area (Å²) in [5, 5.41) is 0. The Kier molecular flexibility index (Phi) is 3.48. The Morgan fingerprint density at radius 3 is 2.62 bits per heavy atom. The normalized spacial score (nSPS) is 11.5. The molecule has 0 spiro atoms. The number of nitrogens with zero attached hydrogens (tertiary/aromatic N) is 3. The Bertz CT molecular complexity index is 252. The smallest absolute Gasteiger partial charge is 0.122 e. The zero-order chi connectivity index (χ0) is 9.84. The van der Waals surface area contributed by atoms with Gasteiger partial charge in [-0.05, 0) is 20.4 Å². The molecule has 0 bridgehead atoms. The third-order valence-corrected chi connectivity index (χ3v) is 2.40. The minimum absolute atomic E-state index is 0.585. The van der Waals surface area contributed by atoms with Crippen LogP contribution in [0.25, 0.3) is 0 Å². The molecule has 74 valence electrons. The Hall–Kier alpha value is -0.830. The third kappa shape index (κ3) is 2.56. The van der Waals surface area contributed by atoms with Crippen LogP contribution in [0.15, 0.2) is 12.4 Å². The first-order valence-electron chi connectivity index (χ1n) is 4.85. The maximum absolute atomic E-state index is 4.31. The van der Waals surface area contributed by atoms with E-state index in [0.717, 1.165) is 18.9 Å². The van der Waals surface area contributed by atoms with Crippen LogP contribution in [0.4, 0.5) is 0 Å². The number of hydrogen-bond acceptors (Lipinski definition) is 2. The van der Waals surface area contributed by atoms with Gasteiger partial charge < -0.3 is 4.57 Å². The van der Waals surface area contributed by atoms with E-state index in [1.165, 1.54) is 0 Å². The van der Waals surface area contributed by atoms with Gasteiger partial charge in [-0.25, -0.2) is 4.98 Å². The molecule has 1 heterocycles. The van der Waals surface area contributed by atoms with Gasteiger partial charge in [-0.2, -0.15) is 0 Å². The summed E-state index contributed by atoms with van der Waals surface area (Å²) in [5.74, 6) is 1.13. The molecular weight excluding hydrogens is 162 g/mol. The van der Waals surface area contributed by atoms with Gasteiger partial charge >= 0.3 is 0 Å². The highest BCUT2D eigenvalue weighted by molar-refractivity contribution is 4.91. The average Bonchev–Trinajstić information content (AvgIpc) is 2.46. The fourth-order valence-electron chi connectivity index (χ4n) is 1.39. The van der Waals surface area contributed by atoms with Crippen LogP contribution in [0.1, 0.15) is 26.6 Å². The van der Waals surface area contributed by atoms with Crippen molar-refractivity contribution in [3.8, 4) is 0 Å². The molecule has 1 aromatic rings. The molecule has 0 fully saturated rings. The Morgan fingerprint density at radius 2 is 2.23 bits per heavy atom. The standard InChI is InChI=1S/C10H19N3/c1-5-13(9(2)3)8-10-11-6-7-12(10)4/h6-7,9H,5,8H2,1-4H3. The lowest BCUT2D eigenvalue weighted by atomic mass is 10.3. The van der Waals surface area contributed by atoms with Gasteiger partial charge in [0.1, 0.15) is 5.82 Å². The summed E-state index contributed by atoms with van der Waals surface area (Å²) in [6.07, 6.45) is 3.84. The molecule has 1 aromatic heterocycles. The molecule has 0 amide bonds. The third-order valence-electron chi connectivity index (χ3n) is 2.40. The summed E-state index contributed by atoms with van der Waals surface area (Å²) in [4.78, 5) is 6.70. The highest BCUT2D eigenvalue weighted by Gasteiger charge is 2.09. The highest BCUT2D eigenvalue weighted by atomic mass is 15.2. The molecule has 3 nitrogen and oxygen atoms in total. The molecule has 0 N–H and O–H groups in total. The lowest BCUT2D eigenvalue weighted by molar-refractivity contribution is 0.217. The number of imidazole rings is 1. The van der Waals surface area contributed by atoms with Crippen molar-refractivity contribution in [3.05, 3.63) is 18.2 Å². The summed E-state index contributed by atoms with van der Waals surface area (Å²) in [7, 11) is 2.04. The van der Waals surface area contributed by atoms with E-state index in [1.54, 1.807) is 0 Å². The van der Waals surface area contributed by atoms with Crippen molar-refractivity contribution in [1.29, 1.82) is 0 Å². The monoisotopic (exact) mass is 181 g/mol. The summed E-state index contributed by atoms with van der Waals surface area (Å²) >= 11 is 0. The van der Waals surface area contributed by atoms with Gasteiger partial charge in [0.05, 0.1) is 6.54 Å². The maximum Gasteiger partial charge on any atom is 0.122 e. The second-order valence-electron chi connectivity index (χ2n) is 3.61. The first kappa shape index (κ1) is 10.3. The quantitative estimate of drug-likeness (QED) is 0.704. The largest absolute Gasteiger partial charge is 0.337 e. The van der Waals surface area contributed by atoms with E-state index in [2.05, 4.69) is 35.2 Å². The zero-order valence-electron chi connectivity index (χ0n) is 8.99. The van der Waals surface area contributed by atoms with Crippen molar-refractivity contribution in [1.82, 2.24) is 14.5 Å². The molecule has 0 saturated heterocycles. The van der Waals surface area contributed by atoms with Crippen LogP contribution in [-0.2, 0) is 13.6 Å². The Labute approximate surface area is 80.4 Å². The van der Waals surface area contributed by atoms with E-state index < -0.39 is 0 Å². The SMILES string of the molecule is CCN(Cc1nccn1C)C(C)C. The molecule has 0 aliphatic heterocycles. The number of hydrogen-bond donors (Lipinski definition) is 0. The van der Waals surface area contributed by atoms with Crippen LogP contribution in [-0.4, -0.2) is 27.0 Å². The van der Waals surface area contributed by atoms with Gasteiger partial charge in [0.25, 0.3) is 0 Å². The highest BCUT2D eigenvalue weighted by Crippen LogP contribution is 2.04. The molecule has 0 atom stereocenters. The summed E-state index contributed by atoms with van der Waals surface area (Å²) < 4.78 is 2.07. The Balaban J connectivity index is 2.62. The predicted molar refractivity (Wildman–Crippen MR) is 54.4 cm³/mol. The lowest BCUT2D eigenvalue weighted by Crippen LogP contribution is -2.31. The lowest BCUT2D eigenvalue weighted by Gasteiger charge is -2.24. The van der Waals surface area contributed by atoms with Crippen LogP contribution in [0.3, 0.4) is 0 Å². The molecule has 0 radical (unpaired) electrons. The minimum Gasteiger partial charge on any atom is -0.337 e. The summed E-state index contributed by atoms with van der Waals surface area (Å²) in [5.41, 5.74) is 0. The summed E-state index contributed by atoms with van der Waals surface area (Å²) in [6.45, 7) is 8.63. The topological polar surface area (TPSA) is 21.1 Å². The zero-order valence-corrected chi connectivity index (χ0v) is 8.99. The van der Waals surface area contributed by atoms with E-state index in [1.807, 2.05) is 19.4 Å². The van der Waals surface area contributed by atoms with Crippen LogP contribution in [0.5, 0.6) is 0 Å². The molecule has 0 saturated carbocycles. The fourth-order valence-corrected chi connectivity index (χ4v) is 1.39. The van der Waals surface area contributed by atoms with Crippen molar-refractivity contribution in [3.63, 3.8) is 0 Å². The molecule has 13 heavy (non-hydrogen) atoms. The second kappa shape index (κ2) is 4.42. The van der Waals surface area contributed by atoms with Gasteiger partial charge in [-0.1, -0.05) is 6.92 Å². The van der Waals surface area contributed by atoms with Crippen LogP contribution < -0.4 is 0 Å². The van der Waals surface area contributed by atoms with E-state index in [0.29, 0.717) is 6.04 Å². The van der Waals surface area contributed by atoms with Crippen molar-refractivity contribution in [2.75, 3.05) is 6.54 Å². The second-order valence-corrected chi connectivity index (χ2v) is 3.61. The van der Waals surface area contributed by atoms with E-state index in [-0.39, 0.29) is 0 Å². The van der Waals surface area contributed by atoms with Gasteiger partial charge in [0, 0.05) is 25.5 Å². The van der Waals surface area contributed by atoms with Crippen LogP contribution >= 0.6 is 0 Å². The van der Waals surface area contributed by atoms with Gasteiger partial charge in [0.2, 0.25) is 0 Å². The molecule has 0 aliphatic rings. The molecule has 0 aromatic carbocycles. The van der Waals surface area contributed by atoms with Gasteiger partial charge in [-0.15, -0.1) is 0 Å². The van der Waals surface area contributed by atoms with E-state index in [9.17, 15) is 0 Å². The Morgan fingerprint density at radius 1 is 1.54 bits per heavy atom. The number of rotatable bonds is 4. The first-order valence-corrected chi connectivity index (χ1v) is 4.85. The van der Waals surface area contributed by atoms with Gasteiger partial charge in [0.15, 0.2) is 0 Å². The van der Waals surface area contributed by atoms with E-state index >= 15 is 0 Å². The van der Waals surface area contributed by atoms with Crippen molar-refractivity contribution < 1.29 is 0 Å². The molecule has 3 heteroatoms. The molecule has 0 aliphatic carbocycles. The van der Waals surface area contributed by atoms with Gasteiger partial charge in [-0.3, -0.25) is 4.90 Å². The summed E-state index contributed by atoms with van der Waals surface area (Å²) in [6, 6.07) is 0.585. The average molecular weight is 181 g/mol. The fraction of sp³-hybridized carbons (Fsp3) is 0.700. The minimum atomic E-state index is 0.585. The van der Waals surface area contributed by atoms with Crippen LogP contribution in [0, 0.1) is 0 Å².